The van der Waals surface area contributed by atoms with Crippen LogP contribution in [0.25, 0.3) is 5.65 Å². The van der Waals surface area contributed by atoms with E-state index in [1.165, 1.54) is 10.6 Å². The van der Waals surface area contributed by atoms with Gasteiger partial charge in [0.25, 0.3) is 0 Å². The Morgan fingerprint density at radius 1 is 1.31 bits per heavy atom. The minimum atomic E-state index is -4.34. The summed E-state index contributed by atoms with van der Waals surface area (Å²) in [4.78, 5) is 7.83. The SMILES string of the molecule is FC(F)(F)Sc1cnc2c(Br)nc(Br)cn12. The summed E-state index contributed by atoms with van der Waals surface area (Å²) in [5, 5.41) is -0.00806. The van der Waals surface area contributed by atoms with E-state index in [1.807, 2.05) is 0 Å². The summed E-state index contributed by atoms with van der Waals surface area (Å²) in [6.45, 7) is 0. The summed E-state index contributed by atoms with van der Waals surface area (Å²) in [7, 11) is 0. The van der Waals surface area contributed by atoms with Crippen molar-refractivity contribution in [3.63, 3.8) is 0 Å². The molecule has 2 aromatic rings. The molecule has 0 fully saturated rings. The number of hydrogen-bond acceptors (Lipinski definition) is 3. The summed E-state index contributed by atoms with van der Waals surface area (Å²) in [6.07, 6.45) is 2.59. The van der Waals surface area contributed by atoms with E-state index in [0.717, 1.165) is 6.20 Å². The molecule has 0 saturated heterocycles. The molecule has 0 spiro atoms. The maximum absolute atomic E-state index is 12.2. The number of rotatable bonds is 1. The van der Waals surface area contributed by atoms with E-state index in [4.69, 9.17) is 0 Å². The van der Waals surface area contributed by atoms with Crippen molar-refractivity contribution in [2.45, 2.75) is 10.5 Å². The fourth-order valence-electron chi connectivity index (χ4n) is 1.10. The van der Waals surface area contributed by atoms with Gasteiger partial charge in [-0.25, -0.2) is 9.97 Å². The van der Waals surface area contributed by atoms with E-state index in [1.54, 1.807) is 0 Å². The van der Waals surface area contributed by atoms with Crippen LogP contribution in [0.15, 0.2) is 26.6 Å². The zero-order valence-corrected chi connectivity index (χ0v) is 11.3. The van der Waals surface area contributed by atoms with Gasteiger partial charge in [0.1, 0.15) is 9.63 Å². The second kappa shape index (κ2) is 4.19. The summed E-state index contributed by atoms with van der Waals surface area (Å²) in [5.74, 6) is 0. The number of imidazole rings is 1. The monoisotopic (exact) mass is 375 g/mol. The van der Waals surface area contributed by atoms with Gasteiger partial charge in [0.15, 0.2) is 10.3 Å². The summed E-state index contributed by atoms with van der Waals surface area (Å²) in [6, 6.07) is 0. The van der Waals surface area contributed by atoms with Crippen molar-refractivity contribution in [3.05, 3.63) is 21.6 Å². The third-order valence-corrected chi connectivity index (χ3v) is 3.27. The highest BCUT2D eigenvalue weighted by atomic mass is 79.9. The molecule has 0 aliphatic rings. The van der Waals surface area contributed by atoms with Crippen molar-refractivity contribution in [1.82, 2.24) is 14.4 Å². The molecule has 86 valence electrons. The second-order valence-electron chi connectivity index (χ2n) is 2.69. The lowest BCUT2D eigenvalue weighted by Crippen LogP contribution is -2.01. The van der Waals surface area contributed by atoms with Crippen LogP contribution >= 0.6 is 43.6 Å². The van der Waals surface area contributed by atoms with Gasteiger partial charge in [-0.2, -0.15) is 13.2 Å². The quantitative estimate of drug-likeness (QED) is 0.708. The lowest BCUT2D eigenvalue weighted by molar-refractivity contribution is -0.0329. The Morgan fingerprint density at radius 3 is 2.62 bits per heavy atom. The number of hydrogen-bond donors (Lipinski definition) is 0. The molecule has 0 saturated carbocycles. The summed E-state index contributed by atoms with van der Waals surface area (Å²) in [5.41, 5.74) is -3.99. The maximum Gasteiger partial charge on any atom is 0.447 e. The Kier molecular flexibility index (Phi) is 3.19. The van der Waals surface area contributed by atoms with Crippen molar-refractivity contribution in [2.24, 2.45) is 0 Å². The molecule has 0 unspecified atom stereocenters. The van der Waals surface area contributed by atoms with Crippen molar-refractivity contribution >= 4 is 49.3 Å². The molecule has 0 bridgehead atoms. The smallest absolute Gasteiger partial charge is 0.289 e. The number of nitrogens with zero attached hydrogens (tertiary/aromatic N) is 3. The molecule has 0 radical (unpaired) electrons. The van der Waals surface area contributed by atoms with Crippen LogP contribution in [0, 0.1) is 0 Å². The lowest BCUT2D eigenvalue weighted by atomic mass is 10.7. The predicted octanol–water partition coefficient (Wildman–Crippen LogP) is 3.87. The topological polar surface area (TPSA) is 30.2 Å². The summed E-state index contributed by atoms with van der Waals surface area (Å²) >= 11 is 6.01. The molecule has 0 aliphatic heterocycles. The Morgan fingerprint density at radius 2 is 2.00 bits per heavy atom. The van der Waals surface area contributed by atoms with Crippen LogP contribution in [0.4, 0.5) is 13.2 Å². The van der Waals surface area contributed by atoms with E-state index in [-0.39, 0.29) is 16.8 Å². The lowest BCUT2D eigenvalue weighted by Gasteiger charge is -2.05. The molecule has 9 heteroatoms. The zero-order chi connectivity index (χ0) is 11.9. The van der Waals surface area contributed by atoms with Gasteiger partial charge in [0.2, 0.25) is 0 Å². The molecule has 0 amide bonds. The van der Waals surface area contributed by atoms with E-state index >= 15 is 0 Å². The van der Waals surface area contributed by atoms with Crippen LogP contribution in [-0.4, -0.2) is 19.9 Å². The fourth-order valence-corrected chi connectivity index (χ4v) is 2.78. The molecule has 2 aromatic heterocycles. The first-order valence-corrected chi connectivity index (χ1v) is 6.22. The van der Waals surface area contributed by atoms with Gasteiger partial charge >= 0.3 is 5.51 Å². The molecular formula is C7H2Br2F3N3S. The molecular weight excluding hydrogens is 375 g/mol. The van der Waals surface area contributed by atoms with Gasteiger partial charge in [-0.15, -0.1) is 0 Å². The van der Waals surface area contributed by atoms with Gasteiger partial charge in [-0.3, -0.25) is 4.40 Å². The summed E-state index contributed by atoms with van der Waals surface area (Å²) < 4.78 is 38.8. The first kappa shape index (κ1) is 12.2. The Balaban J connectivity index is 2.56. The normalized spacial score (nSPS) is 12.3. The van der Waals surface area contributed by atoms with E-state index in [9.17, 15) is 13.2 Å². The first-order chi connectivity index (χ1) is 7.37. The minimum Gasteiger partial charge on any atom is -0.289 e. The van der Waals surface area contributed by atoms with Gasteiger partial charge in [0.05, 0.1) is 6.20 Å². The zero-order valence-electron chi connectivity index (χ0n) is 7.29. The average Bonchev–Trinajstić information content (AvgIpc) is 2.46. The highest BCUT2D eigenvalue weighted by Crippen LogP contribution is 2.37. The van der Waals surface area contributed by atoms with E-state index in [2.05, 4.69) is 41.8 Å². The average molecular weight is 377 g/mol. The van der Waals surface area contributed by atoms with Crippen molar-refractivity contribution in [2.75, 3.05) is 0 Å². The van der Waals surface area contributed by atoms with Crippen molar-refractivity contribution in [1.29, 1.82) is 0 Å². The molecule has 0 atom stereocenters. The molecule has 0 aromatic carbocycles. The Hall–Kier alpha value is -0.280. The third kappa shape index (κ3) is 2.51. The number of fused-ring (bicyclic) bond motifs is 1. The van der Waals surface area contributed by atoms with E-state index < -0.39 is 5.51 Å². The number of halogens is 5. The van der Waals surface area contributed by atoms with Gasteiger partial charge in [-0.05, 0) is 31.9 Å². The van der Waals surface area contributed by atoms with Gasteiger partial charge in [0, 0.05) is 18.0 Å². The van der Waals surface area contributed by atoms with Gasteiger partial charge < -0.3 is 0 Å². The van der Waals surface area contributed by atoms with Crippen molar-refractivity contribution < 1.29 is 13.2 Å². The standard InChI is InChI=1S/C7H2Br2F3N3S/c8-3-2-15-4(16-7(10,11)12)1-13-6(15)5(9)14-3/h1-2H. The molecule has 0 N–H and O–H groups in total. The first-order valence-electron chi connectivity index (χ1n) is 3.81. The molecule has 16 heavy (non-hydrogen) atoms. The van der Waals surface area contributed by atoms with Crippen LogP contribution in [-0.2, 0) is 0 Å². The molecule has 2 rings (SSSR count). The van der Waals surface area contributed by atoms with E-state index in [0.29, 0.717) is 14.9 Å². The highest BCUT2D eigenvalue weighted by Gasteiger charge is 2.31. The van der Waals surface area contributed by atoms with Crippen LogP contribution in [0.3, 0.4) is 0 Å². The molecule has 0 aliphatic carbocycles. The van der Waals surface area contributed by atoms with Crippen LogP contribution < -0.4 is 0 Å². The molecule has 2 heterocycles. The highest BCUT2D eigenvalue weighted by molar-refractivity contribution is 9.11. The number of aromatic nitrogens is 3. The number of thioether (sulfide) groups is 1. The van der Waals surface area contributed by atoms with Crippen LogP contribution in [0.2, 0.25) is 0 Å². The van der Waals surface area contributed by atoms with Crippen molar-refractivity contribution in [3.8, 4) is 0 Å². The van der Waals surface area contributed by atoms with Crippen LogP contribution in [0.1, 0.15) is 0 Å². The Labute approximate surface area is 109 Å². The largest absolute Gasteiger partial charge is 0.447 e. The second-order valence-corrected chi connectivity index (χ2v) is 5.34. The minimum absolute atomic E-state index is 0.00806. The van der Waals surface area contributed by atoms with Crippen LogP contribution in [0.5, 0.6) is 0 Å². The number of alkyl halides is 3. The molecule has 3 nitrogen and oxygen atoms in total. The fraction of sp³-hybridized carbons (Fsp3) is 0.143. The maximum atomic E-state index is 12.2. The van der Waals surface area contributed by atoms with Gasteiger partial charge in [-0.1, -0.05) is 0 Å². The Bertz CT molecular complexity index is 539. The third-order valence-electron chi connectivity index (χ3n) is 1.61. The predicted molar refractivity (Wildman–Crippen MR) is 60.3 cm³/mol.